The van der Waals surface area contributed by atoms with Gasteiger partial charge in [0.1, 0.15) is 11.5 Å². The van der Waals surface area contributed by atoms with Crippen molar-refractivity contribution in [2.24, 2.45) is 0 Å². The number of fused-ring (bicyclic) bond motifs is 1. The maximum Gasteiger partial charge on any atom is 0.321 e. The Bertz CT molecular complexity index is 1490. The van der Waals surface area contributed by atoms with Crippen LogP contribution in [0.4, 0.5) is 21.1 Å². The monoisotopic (exact) mass is 513 g/mol. The van der Waals surface area contributed by atoms with Crippen molar-refractivity contribution in [3.05, 3.63) is 48.7 Å². The summed E-state index contributed by atoms with van der Waals surface area (Å²) in [5.74, 6) is 0.00536. The van der Waals surface area contributed by atoms with Crippen molar-refractivity contribution in [1.82, 2.24) is 35.0 Å². The van der Waals surface area contributed by atoms with Gasteiger partial charge in [-0.25, -0.2) is 37.3 Å². The second-order valence-corrected chi connectivity index (χ2v) is 9.54. The highest BCUT2D eigenvalue weighted by molar-refractivity contribution is 7.88. The quantitative estimate of drug-likeness (QED) is 0.213. The summed E-state index contributed by atoms with van der Waals surface area (Å²) in [5.41, 5.74) is 2.84. The van der Waals surface area contributed by atoms with E-state index >= 15 is 0 Å². The first-order valence-electron chi connectivity index (χ1n) is 10.9. The zero-order chi connectivity index (χ0) is 25.7. The van der Waals surface area contributed by atoms with E-state index in [4.69, 9.17) is 0 Å². The van der Waals surface area contributed by atoms with E-state index in [1.807, 2.05) is 0 Å². The van der Waals surface area contributed by atoms with Crippen LogP contribution in [-0.4, -0.2) is 65.3 Å². The van der Waals surface area contributed by atoms with E-state index in [1.54, 1.807) is 31.5 Å². The molecule has 3 aromatic heterocycles. The number of urea groups is 1. The van der Waals surface area contributed by atoms with E-state index in [-0.39, 0.29) is 18.2 Å². The molecular weight excluding hydrogens is 489 g/mol. The van der Waals surface area contributed by atoms with E-state index in [2.05, 4.69) is 45.6 Å². The van der Waals surface area contributed by atoms with Gasteiger partial charge in [-0.3, -0.25) is 10.3 Å². The van der Waals surface area contributed by atoms with Gasteiger partial charge in [0, 0.05) is 49.4 Å². The molecular formula is C22H24FN9O3S. The average Bonchev–Trinajstić information content (AvgIpc) is 3.24. The molecule has 0 aliphatic heterocycles. The molecule has 4 rings (SSSR count). The largest absolute Gasteiger partial charge is 0.353 e. The fourth-order valence-corrected chi connectivity index (χ4v) is 3.87. The molecule has 2 amide bonds. The fraction of sp³-hybridized carbons (Fsp3) is 0.227. The van der Waals surface area contributed by atoms with E-state index in [1.165, 1.54) is 18.3 Å². The maximum atomic E-state index is 14.7. The molecule has 0 aliphatic carbocycles. The Morgan fingerprint density at radius 3 is 2.58 bits per heavy atom. The van der Waals surface area contributed by atoms with Gasteiger partial charge in [-0.15, -0.1) is 0 Å². The average molecular weight is 514 g/mol. The molecule has 36 heavy (non-hydrogen) atoms. The van der Waals surface area contributed by atoms with Crippen molar-refractivity contribution in [2.45, 2.75) is 6.92 Å². The van der Waals surface area contributed by atoms with Crippen molar-refractivity contribution in [3.8, 4) is 22.4 Å². The highest BCUT2D eigenvalue weighted by atomic mass is 32.2. The van der Waals surface area contributed by atoms with Crippen LogP contribution in [0.2, 0.25) is 0 Å². The molecule has 4 aromatic rings. The first kappa shape index (κ1) is 24.9. The molecule has 5 N–H and O–H groups in total. The number of hydrogen-bond donors (Lipinski definition) is 5. The lowest BCUT2D eigenvalue weighted by atomic mass is 10.0. The normalized spacial score (nSPS) is 11.4. The molecule has 0 spiro atoms. The second kappa shape index (κ2) is 10.6. The highest BCUT2D eigenvalue weighted by Gasteiger charge is 2.17. The smallest absolute Gasteiger partial charge is 0.321 e. The summed E-state index contributed by atoms with van der Waals surface area (Å²) >= 11 is 0. The number of anilines is 2. The molecule has 0 atom stereocenters. The van der Waals surface area contributed by atoms with Gasteiger partial charge >= 0.3 is 6.03 Å². The topological polar surface area (TPSA) is 167 Å². The number of nitrogens with zero attached hydrogens (tertiary/aromatic N) is 4. The zero-order valence-electron chi connectivity index (χ0n) is 19.5. The van der Waals surface area contributed by atoms with Crippen LogP contribution in [0.25, 0.3) is 33.4 Å². The van der Waals surface area contributed by atoms with Crippen LogP contribution in [0, 0.1) is 5.82 Å². The highest BCUT2D eigenvalue weighted by Crippen LogP contribution is 2.33. The molecule has 12 nitrogen and oxygen atoms in total. The van der Waals surface area contributed by atoms with E-state index in [9.17, 15) is 17.6 Å². The summed E-state index contributed by atoms with van der Waals surface area (Å²) in [7, 11) is -3.28. The minimum absolute atomic E-state index is 0.121. The third-order valence-corrected chi connectivity index (χ3v) is 5.66. The number of amides is 2. The Morgan fingerprint density at radius 2 is 1.89 bits per heavy atom. The third kappa shape index (κ3) is 6.09. The predicted octanol–water partition coefficient (Wildman–Crippen LogP) is 2.32. The number of halogens is 1. The fourth-order valence-electron chi connectivity index (χ4n) is 3.40. The number of imidazole rings is 1. The Kier molecular flexibility index (Phi) is 7.36. The molecule has 0 bridgehead atoms. The number of hydrogen-bond acceptors (Lipinski definition) is 8. The first-order valence-corrected chi connectivity index (χ1v) is 12.8. The van der Waals surface area contributed by atoms with E-state index < -0.39 is 21.9 Å². The van der Waals surface area contributed by atoms with Crippen molar-refractivity contribution in [3.63, 3.8) is 0 Å². The first-order chi connectivity index (χ1) is 17.2. The van der Waals surface area contributed by atoms with Crippen LogP contribution in [-0.2, 0) is 10.0 Å². The molecule has 0 fully saturated rings. The third-order valence-electron chi connectivity index (χ3n) is 4.93. The van der Waals surface area contributed by atoms with Crippen LogP contribution in [0.5, 0.6) is 0 Å². The Balaban J connectivity index is 1.66. The van der Waals surface area contributed by atoms with Crippen molar-refractivity contribution >= 4 is 39.0 Å². The molecule has 0 radical (unpaired) electrons. The van der Waals surface area contributed by atoms with Gasteiger partial charge in [0.25, 0.3) is 0 Å². The lowest BCUT2D eigenvalue weighted by Gasteiger charge is -2.09. The van der Waals surface area contributed by atoms with Gasteiger partial charge in [0.15, 0.2) is 0 Å². The number of carbonyl (C=O) groups excluding carboxylic acids is 1. The molecule has 3 heterocycles. The minimum Gasteiger partial charge on any atom is -0.353 e. The van der Waals surface area contributed by atoms with Crippen molar-refractivity contribution in [2.75, 3.05) is 36.5 Å². The van der Waals surface area contributed by atoms with Gasteiger partial charge in [0.2, 0.25) is 21.9 Å². The van der Waals surface area contributed by atoms with Crippen molar-refractivity contribution in [1.29, 1.82) is 0 Å². The molecule has 0 saturated carbocycles. The van der Waals surface area contributed by atoms with Crippen LogP contribution >= 0.6 is 0 Å². The van der Waals surface area contributed by atoms with Crippen LogP contribution in [0.1, 0.15) is 6.92 Å². The van der Waals surface area contributed by atoms with Crippen LogP contribution in [0.15, 0.2) is 42.9 Å². The predicted molar refractivity (Wildman–Crippen MR) is 134 cm³/mol. The van der Waals surface area contributed by atoms with Gasteiger partial charge in [-0.05, 0) is 36.8 Å². The van der Waals surface area contributed by atoms with Gasteiger partial charge in [-0.2, -0.15) is 0 Å². The Morgan fingerprint density at radius 1 is 1.11 bits per heavy atom. The number of sulfonamides is 1. The number of pyridine rings is 1. The summed E-state index contributed by atoms with van der Waals surface area (Å²) < 4.78 is 39.3. The summed E-state index contributed by atoms with van der Waals surface area (Å²) in [6.07, 6.45) is 5.74. The SMILES string of the molecule is CCNC(=O)Nc1nc2cc(-c3cnc(NCCNS(C)(=O)=O)nc3)cc(-c3ncccc3F)c2[nH]1. The number of rotatable bonds is 9. The number of nitrogens with one attached hydrogen (secondary N) is 5. The minimum atomic E-state index is -3.28. The Hall–Kier alpha value is -4.17. The lowest BCUT2D eigenvalue weighted by molar-refractivity contribution is 0.252. The molecule has 0 saturated heterocycles. The van der Waals surface area contributed by atoms with Gasteiger partial charge in [-0.1, -0.05) is 0 Å². The Labute approximate surface area is 206 Å². The maximum absolute atomic E-state index is 14.7. The number of H-pyrrole nitrogens is 1. The number of aromatic amines is 1. The number of carbonyl (C=O) groups is 1. The number of aromatic nitrogens is 5. The number of benzene rings is 1. The summed E-state index contributed by atoms with van der Waals surface area (Å²) in [5, 5.41) is 8.17. The molecule has 0 aliphatic rings. The van der Waals surface area contributed by atoms with E-state index in [0.717, 1.165) is 6.26 Å². The second-order valence-electron chi connectivity index (χ2n) is 7.71. The zero-order valence-corrected chi connectivity index (χ0v) is 20.3. The van der Waals surface area contributed by atoms with Crippen LogP contribution in [0.3, 0.4) is 0 Å². The summed E-state index contributed by atoms with van der Waals surface area (Å²) in [4.78, 5) is 32.2. The summed E-state index contributed by atoms with van der Waals surface area (Å²) in [6, 6.07) is 5.89. The standard InChI is InChI=1S/C22H24FN9O3S/c1-3-24-22(33)32-21-30-17-10-13(9-15(19(17)31-21)18-16(23)5-4-6-25-18)14-11-27-20(28-12-14)26-7-8-29-36(2,34)35/h4-6,9-12,29H,3,7-8H2,1-2H3,(H,26,27,28)(H3,24,30,31,32,33). The molecule has 0 unspecified atom stereocenters. The van der Waals surface area contributed by atoms with Crippen molar-refractivity contribution < 1.29 is 17.6 Å². The summed E-state index contributed by atoms with van der Waals surface area (Å²) in [6.45, 7) is 2.73. The molecule has 1 aromatic carbocycles. The van der Waals surface area contributed by atoms with Gasteiger partial charge < -0.3 is 15.6 Å². The molecule has 188 valence electrons. The van der Waals surface area contributed by atoms with E-state index in [0.29, 0.717) is 46.8 Å². The lowest BCUT2D eigenvalue weighted by Crippen LogP contribution is -2.28. The van der Waals surface area contributed by atoms with Crippen LogP contribution < -0.4 is 20.7 Å². The van der Waals surface area contributed by atoms with Gasteiger partial charge in [0.05, 0.1) is 17.3 Å². The molecule has 14 heteroatoms.